The molecule has 1 saturated heterocycles. The van der Waals surface area contributed by atoms with Crippen LogP contribution in [-0.2, 0) is 0 Å². The Hall–Kier alpha value is -1.67. The van der Waals surface area contributed by atoms with Gasteiger partial charge in [0, 0.05) is 18.7 Å². The van der Waals surface area contributed by atoms with E-state index in [2.05, 4.69) is 87.9 Å². The molecular weight excluding hydrogens is 330 g/mol. The van der Waals surface area contributed by atoms with Gasteiger partial charge in [-0.25, -0.2) is 0 Å². The third-order valence-corrected chi connectivity index (χ3v) is 10.2. The summed E-state index contributed by atoms with van der Waals surface area (Å²) in [5, 5.41) is 3.21. The fraction of sp³-hybridized carbons (Fsp3) is 0.458. The molecule has 2 heteroatoms. The van der Waals surface area contributed by atoms with Gasteiger partial charge in [0.25, 0.3) is 0 Å². The average molecular weight is 364 g/mol. The van der Waals surface area contributed by atoms with Crippen LogP contribution in [0.1, 0.15) is 45.1 Å². The fourth-order valence-electron chi connectivity index (χ4n) is 4.88. The fourth-order valence-corrected chi connectivity index (χ4v) is 8.71. The molecule has 26 heavy (non-hydrogen) atoms. The Labute approximate surface area is 160 Å². The molecule has 2 unspecified atom stereocenters. The average Bonchev–Trinajstić information content (AvgIpc) is 2.60. The number of aliphatic imine (C=N–C) groups is 1. The zero-order chi connectivity index (χ0) is 19.1. The Bertz CT molecular complexity index is 793. The molecule has 1 heterocycles. The largest absolute Gasteiger partial charge is 0.293 e. The van der Waals surface area contributed by atoms with Gasteiger partial charge in [-0.1, -0.05) is 75.1 Å². The van der Waals surface area contributed by atoms with Crippen molar-refractivity contribution >= 4 is 13.8 Å². The highest BCUT2D eigenvalue weighted by molar-refractivity contribution is 6.92. The van der Waals surface area contributed by atoms with E-state index in [1.54, 1.807) is 5.20 Å². The number of nitrogens with zero attached hydrogens (tertiary/aromatic N) is 1. The molecule has 0 amide bonds. The second-order valence-corrected chi connectivity index (χ2v) is 13.6. The zero-order valence-corrected chi connectivity index (χ0v) is 18.3. The summed E-state index contributed by atoms with van der Waals surface area (Å²) in [6.07, 6.45) is 7.48. The molecule has 0 aromatic heterocycles. The van der Waals surface area contributed by atoms with Gasteiger partial charge in [0.1, 0.15) is 8.07 Å². The molecule has 0 spiro atoms. The van der Waals surface area contributed by atoms with E-state index in [0.717, 1.165) is 5.71 Å². The molecule has 2 atom stereocenters. The van der Waals surface area contributed by atoms with Gasteiger partial charge in [-0.2, -0.15) is 0 Å². The number of hydrogen-bond donors (Lipinski definition) is 0. The maximum atomic E-state index is 4.65. The van der Waals surface area contributed by atoms with Crippen molar-refractivity contribution in [3.8, 4) is 0 Å². The van der Waals surface area contributed by atoms with Crippen molar-refractivity contribution in [3.05, 3.63) is 70.6 Å². The second kappa shape index (κ2) is 6.81. The van der Waals surface area contributed by atoms with Crippen LogP contribution in [0, 0.1) is 11.3 Å². The molecule has 1 fully saturated rings. The first-order valence-electron chi connectivity index (χ1n) is 9.80. The Morgan fingerprint density at radius 1 is 1.23 bits per heavy atom. The Morgan fingerprint density at radius 2 is 1.88 bits per heavy atom. The number of allylic oxidation sites excluding steroid dienone is 5. The maximum absolute atomic E-state index is 4.65. The van der Waals surface area contributed by atoms with E-state index in [1.807, 2.05) is 7.05 Å². The summed E-state index contributed by atoms with van der Waals surface area (Å²) in [5.41, 5.74) is 4.14. The van der Waals surface area contributed by atoms with E-state index >= 15 is 0 Å². The van der Waals surface area contributed by atoms with Gasteiger partial charge in [0.05, 0.1) is 0 Å². The number of rotatable bonds is 2. The molecule has 1 aliphatic carbocycles. The normalized spacial score (nSPS) is 29.3. The lowest BCUT2D eigenvalue weighted by Gasteiger charge is -2.50. The van der Waals surface area contributed by atoms with Crippen molar-refractivity contribution < 1.29 is 0 Å². The highest BCUT2D eigenvalue weighted by atomic mass is 28.3. The molecule has 0 saturated carbocycles. The zero-order valence-electron chi connectivity index (χ0n) is 17.3. The lowest BCUT2D eigenvalue weighted by atomic mass is 9.70. The molecular formula is C24H33NSi. The number of fused-ring (bicyclic) bond motifs is 1. The minimum Gasteiger partial charge on any atom is -0.293 e. The van der Waals surface area contributed by atoms with Crippen molar-refractivity contribution in [3.63, 3.8) is 0 Å². The minimum absolute atomic E-state index is 0.301. The smallest absolute Gasteiger partial charge is 0.108 e. The Balaban J connectivity index is 2.22. The van der Waals surface area contributed by atoms with Gasteiger partial charge < -0.3 is 0 Å². The Kier molecular flexibility index (Phi) is 5.00. The summed E-state index contributed by atoms with van der Waals surface area (Å²) < 4.78 is 0. The number of benzene rings is 1. The van der Waals surface area contributed by atoms with Crippen LogP contribution in [0.2, 0.25) is 13.1 Å². The van der Waals surface area contributed by atoms with E-state index < -0.39 is 8.07 Å². The summed E-state index contributed by atoms with van der Waals surface area (Å²) in [5.74, 6) is 1.01. The Morgan fingerprint density at radius 3 is 2.50 bits per heavy atom. The van der Waals surface area contributed by atoms with Crippen molar-refractivity contribution in [1.82, 2.24) is 0 Å². The monoisotopic (exact) mass is 363 g/mol. The van der Waals surface area contributed by atoms with E-state index in [-0.39, 0.29) is 0 Å². The quantitative estimate of drug-likeness (QED) is 0.420. The predicted molar refractivity (Wildman–Crippen MR) is 118 cm³/mol. The molecule has 0 radical (unpaired) electrons. The van der Waals surface area contributed by atoms with Crippen LogP contribution in [0.15, 0.2) is 70.0 Å². The van der Waals surface area contributed by atoms with Crippen LogP contribution in [0.4, 0.5) is 0 Å². The molecule has 1 aromatic rings. The summed E-state index contributed by atoms with van der Waals surface area (Å²) in [7, 11) is 0.136. The van der Waals surface area contributed by atoms with Crippen molar-refractivity contribution in [2.75, 3.05) is 7.05 Å². The predicted octanol–water partition coefficient (Wildman–Crippen LogP) is 6.51. The summed E-state index contributed by atoms with van der Waals surface area (Å²) >= 11 is 0. The first-order valence-corrected chi connectivity index (χ1v) is 12.8. The van der Waals surface area contributed by atoms with Gasteiger partial charge in [-0.3, -0.25) is 4.99 Å². The lowest BCUT2D eigenvalue weighted by molar-refractivity contribution is 0.335. The third kappa shape index (κ3) is 3.32. The van der Waals surface area contributed by atoms with Crippen LogP contribution in [-0.4, -0.2) is 20.8 Å². The molecule has 1 nitrogen and oxygen atoms in total. The van der Waals surface area contributed by atoms with E-state index in [9.17, 15) is 0 Å². The SMILES string of the molecule is C=C1/C(=C\C(C)=NC)[Si](C)(C)C2=CC(C)(C)CCC2C1c1ccccc1. The van der Waals surface area contributed by atoms with E-state index in [0.29, 0.717) is 17.3 Å². The molecule has 0 bridgehead atoms. The molecule has 1 aliphatic heterocycles. The summed E-state index contributed by atoms with van der Waals surface area (Å²) in [4.78, 5) is 4.41. The van der Waals surface area contributed by atoms with Gasteiger partial charge in [-0.15, -0.1) is 0 Å². The van der Waals surface area contributed by atoms with Gasteiger partial charge in [0.2, 0.25) is 0 Å². The van der Waals surface area contributed by atoms with Crippen molar-refractivity contribution in [2.24, 2.45) is 16.3 Å². The molecule has 3 rings (SSSR count). The second-order valence-electron chi connectivity index (χ2n) is 9.20. The van der Waals surface area contributed by atoms with Gasteiger partial charge in [-0.05, 0) is 53.5 Å². The molecule has 2 aliphatic rings. The summed E-state index contributed by atoms with van der Waals surface area (Å²) in [6.45, 7) is 16.6. The van der Waals surface area contributed by atoms with E-state index in [1.165, 1.54) is 29.2 Å². The standard InChI is InChI=1S/C24H33NSi/c1-17(25-5)15-21-18(2)23(19-11-9-8-10-12-19)20-13-14-24(3,4)16-22(20)26(21,6)7/h8-12,15-16,20,23H,2,13-14H2,1,3-7H3/b21-15+,25-17?. The lowest BCUT2D eigenvalue weighted by Crippen LogP contribution is -2.47. The first-order chi connectivity index (χ1) is 12.2. The van der Waals surface area contributed by atoms with E-state index in [4.69, 9.17) is 0 Å². The topological polar surface area (TPSA) is 12.4 Å². The first kappa shape index (κ1) is 19.1. The molecule has 1 aromatic carbocycles. The van der Waals surface area contributed by atoms with Crippen LogP contribution >= 0.6 is 0 Å². The summed E-state index contributed by atoms with van der Waals surface area (Å²) in [6, 6.07) is 11.0. The van der Waals surface area contributed by atoms with Crippen molar-refractivity contribution in [1.29, 1.82) is 0 Å². The van der Waals surface area contributed by atoms with Crippen LogP contribution < -0.4 is 0 Å². The number of hydrogen-bond acceptors (Lipinski definition) is 1. The highest BCUT2D eigenvalue weighted by Gasteiger charge is 2.48. The molecule has 138 valence electrons. The highest BCUT2D eigenvalue weighted by Crippen LogP contribution is 2.55. The van der Waals surface area contributed by atoms with Crippen LogP contribution in [0.25, 0.3) is 0 Å². The third-order valence-electron chi connectivity index (χ3n) is 6.43. The van der Waals surface area contributed by atoms with Crippen molar-refractivity contribution in [2.45, 2.75) is 52.6 Å². The van der Waals surface area contributed by atoms with Crippen LogP contribution in [0.3, 0.4) is 0 Å². The molecule has 0 N–H and O–H groups in total. The minimum atomic E-state index is -1.75. The maximum Gasteiger partial charge on any atom is 0.108 e. The van der Waals surface area contributed by atoms with Crippen LogP contribution in [0.5, 0.6) is 0 Å². The van der Waals surface area contributed by atoms with Gasteiger partial charge in [0.15, 0.2) is 0 Å². The van der Waals surface area contributed by atoms with Gasteiger partial charge >= 0.3 is 0 Å².